The Morgan fingerprint density at radius 3 is 0.967 bits per heavy atom. The third-order valence-electron chi connectivity index (χ3n) is 11.4. The van der Waals surface area contributed by atoms with E-state index in [4.69, 9.17) is 14.2 Å². The molecule has 0 aliphatic carbocycles. The molecule has 60 heavy (non-hydrogen) atoms. The molecule has 1 atom stereocenters. The Morgan fingerprint density at radius 2 is 0.600 bits per heavy atom. The lowest BCUT2D eigenvalue weighted by Gasteiger charge is -2.18. The average molecular weight is 843 g/mol. The quantitative estimate of drug-likeness (QED) is 0.0263. The minimum atomic E-state index is -0.776. The van der Waals surface area contributed by atoms with Gasteiger partial charge in [0.15, 0.2) is 6.10 Å². The van der Waals surface area contributed by atoms with Crippen LogP contribution in [-0.4, -0.2) is 37.2 Å². The Balaban J connectivity index is 4.35. The maximum absolute atomic E-state index is 12.8. The highest BCUT2D eigenvalue weighted by Crippen LogP contribution is 2.15. The van der Waals surface area contributed by atoms with Gasteiger partial charge in [-0.25, -0.2) is 0 Å². The largest absolute Gasteiger partial charge is 0.462 e. The number of hydrogen-bond acceptors (Lipinski definition) is 6. The van der Waals surface area contributed by atoms with E-state index in [0.717, 1.165) is 83.5 Å². The summed E-state index contributed by atoms with van der Waals surface area (Å²) in [6.07, 6.45) is 57.0. The monoisotopic (exact) mass is 843 g/mol. The van der Waals surface area contributed by atoms with Gasteiger partial charge in [-0.1, -0.05) is 211 Å². The van der Waals surface area contributed by atoms with Crippen LogP contribution in [0.3, 0.4) is 0 Å². The molecule has 0 spiro atoms. The number of esters is 3. The number of hydrogen-bond donors (Lipinski definition) is 0. The summed E-state index contributed by atoms with van der Waals surface area (Å²) in [6, 6.07) is 0. The van der Waals surface area contributed by atoms with Gasteiger partial charge in [0.1, 0.15) is 13.2 Å². The number of carbonyl (C=O) groups is 3. The van der Waals surface area contributed by atoms with Crippen molar-refractivity contribution in [2.24, 2.45) is 0 Å². The van der Waals surface area contributed by atoms with Crippen LogP contribution in [0.15, 0.2) is 36.5 Å². The fourth-order valence-electron chi connectivity index (χ4n) is 7.41. The molecule has 1 unspecified atom stereocenters. The molecule has 0 aromatic carbocycles. The highest BCUT2D eigenvalue weighted by Gasteiger charge is 2.19. The highest BCUT2D eigenvalue weighted by molar-refractivity contribution is 5.71. The van der Waals surface area contributed by atoms with E-state index < -0.39 is 6.10 Å². The van der Waals surface area contributed by atoms with Crippen LogP contribution >= 0.6 is 0 Å². The van der Waals surface area contributed by atoms with E-state index in [1.54, 1.807) is 0 Å². The Labute approximate surface area is 372 Å². The standard InChI is InChI=1S/C54H98O6/c1-4-7-10-13-16-19-22-24-26-27-29-30-32-35-38-41-44-47-53(56)59-50-51(49-58-52(55)46-43-40-37-34-21-18-15-12-9-6-3)60-54(57)48-45-42-39-36-33-31-28-25-23-20-17-14-11-8-5-2/h17,20,24-26,28,51H,4-16,18-19,21-23,27,29-50H2,1-3H3/b20-17-,26-24-,28-25-. The molecule has 0 saturated carbocycles. The molecule has 350 valence electrons. The molecular weight excluding hydrogens is 745 g/mol. The van der Waals surface area contributed by atoms with Crippen molar-refractivity contribution < 1.29 is 28.6 Å². The molecule has 0 bridgehead atoms. The second kappa shape index (κ2) is 49.3. The molecule has 0 aliphatic heterocycles. The topological polar surface area (TPSA) is 78.9 Å². The van der Waals surface area contributed by atoms with Crippen LogP contribution in [0.1, 0.15) is 271 Å². The third-order valence-corrected chi connectivity index (χ3v) is 11.4. The second-order valence-corrected chi connectivity index (χ2v) is 17.4. The summed E-state index contributed by atoms with van der Waals surface area (Å²) in [5.41, 5.74) is 0. The molecule has 0 heterocycles. The van der Waals surface area contributed by atoms with Crippen molar-refractivity contribution in [3.63, 3.8) is 0 Å². The van der Waals surface area contributed by atoms with Crippen molar-refractivity contribution in [1.82, 2.24) is 0 Å². The normalized spacial score (nSPS) is 12.2. The molecule has 6 nitrogen and oxygen atoms in total. The lowest BCUT2D eigenvalue weighted by molar-refractivity contribution is -0.167. The maximum atomic E-state index is 12.8. The molecule has 0 aromatic rings. The molecule has 0 fully saturated rings. The van der Waals surface area contributed by atoms with Gasteiger partial charge in [-0.2, -0.15) is 0 Å². The van der Waals surface area contributed by atoms with E-state index in [-0.39, 0.29) is 31.1 Å². The summed E-state index contributed by atoms with van der Waals surface area (Å²) >= 11 is 0. The molecule has 6 heteroatoms. The fourth-order valence-corrected chi connectivity index (χ4v) is 7.41. The smallest absolute Gasteiger partial charge is 0.306 e. The van der Waals surface area contributed by atoms with Gasteiger partial charge in [0.05, 0.1) is 0 Å². The van der Waals surface area contributed by atoms with E-state index in [2.05, 4.69) is 57.2 Å². The molecule has 0 radical (unpaired) electrons. The summed E-state index contributed by atoms with van der Waals surface area (Å²) in [5, 5.41) is 0. The number of unbranched alkanes of at least 4 members (excludes halogenated alkanes) is 30. The molecule has 0 aromatic heterocycles. The second-order valence-electron chi connectivity index (χ2n) is 17.4. The van der Waals surface area contributed by atoms with Gasteiger partial charge in [0, 0.05) is 19.3 Å². The van der Waals surface area contributed by atoms with Crippen molar-refractivity contribution >= 4 is 17.9 Å². The van der Waals surface area contributed by atoms with Gasteiger partial charge in [-0.15, -0.1) is 0 Å². The van der Waals surface area contributed by atoms with E-state index in [0.29, 0.717) is 19.3 Å². The molecular formula is C54H98O6. The van der Waals surface area contributed by atoms with Crippen LogP contribution in [-0.2, 0) is 28.6 Å². The first-order chi connectivity index (χ1) is 29.5. The summed E-state index contributed by atoms with van der Waals surface area (Å²) < 4.78 is 16.8. The van der Waals surface area contributed by atoms with Gasteiger partial charge in [-0.3, -0.25) is 14.4 Å². The van der Waals surface area contributed by atoms with E-state index >= 15 is 0 Å². The zero-order chi connectivity index (χ0) is 43.7. The highest BCUT2D eigenvalue weighted by atomic mass is 16.6. The lowest BCUT2D eigenvalue weighted by atomic mass is 10.1. The summed E-state index contributed by atoms with van der Waals surface area (Å²) in [6.45, 7) is 6.60. The SMILES string of the molecule is CCCCC/C=C\C/C=C\CCCCCCCC(=O)OC(COC(=O)CCCCCCCCC/C=C\CCCCCCCC)COC(=O)CCCCCCCCCCCC. The molecule has 0 N–H and O–H groups in total. The van der Waals surface area contributed by atoms with Crippen LogP contribution in [0.2, 0.25) is 0 Å². The lowest BCUT2D eigenvalue weighted by Crippen LogP contribution is -2.30. The summed E-state index contributed by atoms with van der Waals surface area (Å²) in [5.74, 6) is -0.888. The van der Waals surface area contributed by atoms with Crippen LogP contribution in [0.4, 0.5) is 0 Å². The van der Waals surface area contributed by atoms with E-state index in [9.17, 15) is 14.4 Å². The first kappa shape index (κ1) is 57.6. The minimum Gasteiger partial charge on any atom is -0.462 e. The fraction of sp³-hybridized carbons (Fsp3) is 0.833. The van der Waals surface area contributed by atoms with E-state index in [1.807, 2.05) is 0 Å². The first-order valence-corrected chi connectivity index (χ1v) is 26.0. The molecule has 0 aliphatic rings. The zero-order valence-electron chi connectivity index (χ0n) is 40.0. The van der Waals surface area contributed by atoms with Crippen LogP contribution in [0, 0.1) is 0 Å². The van der Waals surface area contributed by atoms with Crippen LogP contribution < -0.4 is 0 Å². The Kier molecular flexibility index (Phi) is 47.3. The number of allylic oxidation sites excluding steroid dienone is 6. The van der Waals surface area contributed by atoms with Gasteiger partial charge in [0.25, 0.3) is 0 Å². The number of carbonyl (C=O) groups excluding carboxylic acids is 3. The van der Waals surface area contributed by atoms with Crippen molar-refractivity contribution in [2.75, 3.05) is 13.2 Å². The molecule has 0 amide bonds. The van der Waals surface area contributed by atoms with Crippen molar-refractivity contribution in [2.45, 2.75) is 277 Å². The Hall–Kier alpha value is -2.37. The summed E-state index contributed by atoms with van der Waals surface area (Å²) in [7, 11) is 0. The Morgan fingerprint density at radius 1 is 0.333 bits per heavy atom. The number of ether oxygens (including phenoxy) is 3. The zero-order valence-corrected chi connectivity index (χ0v) is 40.0. The van der Waals surface area contributed by atoms with E-state index in [1.165, 1.54) is 148 Å². The van der Waals surface area contributed by atoms with Crippen molar-refractivity contribution in [3.05, 3.63) is 36.5 Å². The molecule has 0 saturated heterocycles. The van der Waals surface area contributed by atoms with Gasteiger partial charge < -0.3 is 14.2 Å². The van der Waals surface area contributed by atoms with Gasteiger partial charge in [0.2, 0.25) is 0 Å². The summed E-state index contributed by atoms with van der Waals surface area (Å²) in [4.78, 5) is 37.9. The molecule has 0 rings (SSSR count). The van der Waals surface area contributed by atoms with Crippen molar-refractivity contribution in [3.8, 4) is 0 Å². The maximum Gasteiger partial charge on any atom is 0.306 e. The third kappa shape index (κ3) is 46.7. The van der Waals surface area contributed by atoms with Gasteiger partial charge in [-0.05, 0) is 77.0 Å². The van der Waals surface area contributed by atoms with Crippen molar-refractivity contribution in [1.29, 1.82) is 0 Å². The first-order valence-electron chi connectivity index (χ1n) is 26.0. The number of rotatable bonds is 47. The average Bonchev–Trinajstić information content (AvgIpc) is 3.24. The minimum absolute atomic E-state index is 0.0767. The van der Waals surface area contributed by atoms with Crippen LogP contribution in [0.25, 0.3) is 0 Å². The predicted octanol–water partition coefficient (Wildman–Crippen LogP) is 16.9. The van der Waals surface area contributed by atoms with Gasteiger partial charge >= 0.3 is 17.9 Å². The predicted molar refractivity (Wildman–Crippen MR) is 256 cm³/mol. The van der Waals surface area contributed by atoms with Crippen LogP contribution in [0.5, 0.6) is 0 Å². The Bertz CT molecular complexity index is 1020.